The van der Waals surface area contributed by atoms with Gasteiger partial charge in [-0.2, -0.15) is 0 Å². The molecule has 0 aromatic rings. The topological polar surface area (TPSA) is 17.1 Å². The standard InChI is InChI=1S/C5H7F2O/c6-5(7)3-1-2-4-8/h5H,1-3H2. The smallest absolute Gasteiger partial charge is 0.238 e. The van der Waals surface area contributed by atoms with Gasteiger partial charge in [-0.15, -0.1) is 0 Å². The molecule has 0 rings (SSSR count). The lowest BCUT2D eigenvalue weighted by atomic mass is 10.3. The maximum atomic E-state index is 11.2. The van der Waals surface area contributed by atoms with E-state index in [1.54, 1.807) is 0 Å². The lowest BCUT2D eigenvalue weighted by molar-refractivity contribution is 0.135. The van der Waals surface area contributed by atoms with Crippen LogP contribution in [0.3, 0.4) is 0 Å². The Bertz CT molecular complexity index is 63.4. The minimum atomic E-state index is -2.27. The number of unbranched alkanes of at least 4 members (excludes halogenated alkanes) is 1. The Hall–Kier alpha value is -0.470. The Labute approximate surface area is 46.7 Å². The van der Waals surface area contributed by atoms with E-state index in [1.165, 1.54) is 6.29 Å². The van der Waals surface area contributed by atoms with E-state index in [9.17, 15) is 13.6 Å². The minimum Gasteiger partial charge on any atom is -0.291 e. The van der Waals surface area contributed by atoms with Crippen LogP contribution >= 0.6 is 0 Å². The first kappa shape index (κ1) is 7.53. The van der Waals surface area contributed by atoms with Gasteiger partial charge in [-0.05, 0) is 6.42 Å². The second-order valence-electron chi connectivity index (χ2n) is 1.43. The van der Waals surface area contributed by atoms with Crippen molar-refractivity contribution in [3.63, 3.8) is 0 Å². The quantitative estimate of drug-likeness (QED) is 0.515. The van der Waals surface area contributed by atoms with E-state index < -0.39 is 6.43 Å². The Morgan fingerprint density at radius 2 is 2.12 bits per heavy atom. The second kappa shape index (κ2) is 4.68. The SMILES string of the molecule is O=[C]CCCC(F)F. The molecule has 0 amide bonds. The molecule has 0 unspecified atom stereocenters. The van der Waals surface area contributed by atoms with Gasteiger partial charge in [0.2, 0.25) is 6.43 Å². The lowest BCUT2D eigenvalue weighted by Crippen LogP contribution is -1.89. The van der Waals surface area contributed by atoms with Gasteiger partial charge in [0.25, 0.3) is 0 Å². The molecule has 0 N–H and O–H groups in total. The van der Waals surface area contributed by atoms with E-state index in [0.29, 0.717) is 0 Å². The zero-order valence-corrected chi connectivity index (χ0v) is 4.36. The normalized spacial score (nSPS) is 9.88. The van der Waals surface area contributed by atoms with Gasteiger partial charge in [0.05, 0.1) is 0 Å². The largest absolute Gasteiger partial charge is 0.291 e. The first-order valence-electron chi connectivity index (χ1n) is 2.40. The van der Waals surface area contributed by atoms with Gasteiger partial charge in [0.15, 0.2) is 6.29 Å². The fourth-order valence-electron chi connectivity index (χ4n) is 0.329. The molecule has 8 heavy (non-hydrogen) atoms. The zero-order valence-electron chi connectivity index (χ0n) is 4.36. The van der Waals surface area contributed by atoms with E-state index >= 15 is 0 Å². The van der Waals surface area contributed by atoms with Crippen molar-refractivity contribution in [1.82, 2.24) is 0 Å². The molecular formula is C5H7F2O. The molecule has 0 aromatic heterocycles. The van der Waals surface area contributed by atoms with E-state index in [1.807, 2.05) is 0 Å². The van der Waals surface area contributed by atoms with Crippen molar-refractivity contribution in [2.75, 3.05) is 0 Å². The summed E-state index contributed by atoms with van der Waals surface area (Å²) in [4.78, 5) is 9.42. The van der Waals surface area contributed by atoms with E-state index in [-0.39, 0.29) is 19.3 Å². The maximum absolute atomic E-state index is 11.2. The van der Waals surface area contributed by atoms with Crippen LogP contribution in [0, 0.1) is 0 Å². The van der Waals surface area contributed by atoms with E-state index in [0.717, 1.165) is 0 Å². The monoisotopic (exact) mass is 121 g/mol. The number of hydrogen-bond donors (Lipinski definition) is 0. The van der Waals surface area contributed by atoms with Gasteiger partial charge < -0.3 is 0 Å². The summed E-state index contributed by atoms with van der Waals surface area (Å²) >= 11 is 0. The van der Waals surface area contributed by atoms with Crippen LogP contribution in [0.2, 0.25) is 0 Å². The van der Waals surface area contributed by atoms with Crippen molar-refractivity contribution in [1.29, 1.82) is 0 Å². The van der Waals surface area contributed by atoms with Crippen molar-refractivity contribution in [2.24, 2.45) is 0 Å². The molecule has 0 heterocycles. The van der Waals surface area contributed by atoms with Crippen LogP contribution in [0.4, 0.5) is 8.78 Å². The number of rotatable bonds is 4. The molecule has 0 aliphatic rings. The highest BCUT2D eigenvalue weighted by molar-refractivity contribution is 5.50. The molecule has 0 bridgehead atoms. The molecule has 0 aromatic carbocycles. The average molecular weight is 121 g/mol. The molecule has 1 nitrogen and oxygen atoms in total. The first-order chi connectivity index (χ1) is 3.77. The second-order valence-corrected chi connectivity index (χ2v) is 1.43. The lowest BCUT2D eigenvalue weighted by Gasteiger charge is -1.91. The summed E-state index contributed by atoms with van der Waals surface area (Å²) in [5.41, 5.74) is 0. The van der Waals surface area contributed by atoms with Gasteiger partial charge in [-0.1, -0.05) is 0 Å². The van der Waals surface area contributed by atoms with Gasteiger partial charge in [0, 0.05) is 12.8 Å². The van der Waals surface area contributed by atoms with Gasteiger partial charge in [-0.3, -0.25) is 4.79 Å². The van der Waals surface area contributed by atoms with Crippen molar-refractivity contribution >= 4 is 6.29 Å². The van der Waals surface area contributed by atoms with Gasteiger partial charge in [-0.25, -0.2) is 8.78 Å². The summed E-state index contributed by atoms with van der Waals surface area (Å²) in [5.74, 6) is 0. The highest BCUT2D eigenvalue weighted by atomic mass is 19.3. The Morgan fingerprint density at radius 1 is 1.50 bits per heavy atom. The van der Waals surface area contributed by atoms with E-state index in [2.05, 4.69) is 0 Å². The van der Waals surface area contributed by atoms with Gasteiger partial charge in [0.1, 0.15) is 0 Å². The van der Waals surface area contributed by atoms with E-state index in [4.69, 9.17) is 0 Å². The number of hydrogen-bond acceptors (Lipinski definition) is 1. The van der Waals surface area contributed by atoms with Gasteiger partial charge >= 0.3 is 0 Å². The zero-order chi connectivity index (χ0) is 6.41. The Kier molecular flexibility index (Phi) is 4.41. The summed E-state index contributed by atoms with van der Waals surface area (Å²) in [5, 5.41) is 0. The van der Waals surface area contributed by atoms with Crippen LogP contribution in [-0.4, -0.2) is 12.7 Å². The number of carbonyl (C=O) groups excluding carboxylic acids is 1. The molecule has 0 saturated heterocycles. The third kappa shape index (κ3) is 5.53. The van der Waals surface area contributed by atoms with Crippen molar-refractivity contribution in [3.05, 3.63) is 0 Å². The third-order valence-electron chi connectivity index (χ3n) is 0.701. The molecule has 0 aliphatic carbocycles. The fourth-order valence-corrected chi connectivity index (χ4v) is 0.329. The Balaban J connectivity index is 2.81. The van der Waals surface area contributed by atoms with Crippen LogP contribution in [-0.2, 0) is 4.79 Å². The predicted molar refractivity (Wildman–Crippen MR) is 25.5 cm³/mol. The summed E-state index contributed by atoms with van der Waals surface area (Å²) in [6, 6.07) is 0. The average Bonchev–Trinajstić information content (AvgIpc) is 1.66. The highest BCUT2D eigenvalue weighted by Gasteiger charge is 1.99. The molecule has 47 valence electrons. The van der Waals surface area contributed by atoms with Crippen LogP contribution in [0.5, 0.6) is 0 Å². The molecule has 0 spiro atoms. The third-order valence-corrected chi connectivity index (χ3v) is 0.701. The highest BCUT2D eigenvalue weighted by Crippen LogP contribution is 2.03. The molecule has 0 saturated carbocycles. The maximum Gasteiger partial charge on any atom is 0.238 e. The Morgan fingerprint density at radius 3 is 2.50 bits per heavy atom. The van der Waals surface area contributed by atoms with Crippen LogP contribution in [0.1, 0.15) is 19.3 Å². The fraction of sp³-hybridized carbons (Fsp3) is 0.800. The van der Waals surface area contributed by atoms with Crippen molar-refractivity contribution in [2.45, 2.75) is 25.7 Å². The summed E-state index contributed by atoms with van der Waals surface area (Å²) in [6.07, 6.45) is -0.540. The summed E-state index contributed by atoms with van der Waals surface area (Å²) < 4.78 is 22.5. The summed E-state index contributed by atoms with van der Waals surface area (Å²) in [6.45, 7) is 0. The first-order valence-corrected chi connectivity index (χ1v) is 2.40. The van der Waals surface area contributed by atoms with Crippen LogP contribution in [0.15, 0.2) is 0 Å². The number of alkyl halides is 2. The molecule has 0 fully saturated rings. The van der Waals surface area contributed by atoms with Crippen molar-refractivity contribution in [3.8, 4) is 0 Å². The molecule has 3 heteroatoms. The predicted octanol–water partition coefficient (Wildman–Crippen LogP) is 1.53. The molecule has 1 radical (unpaired) electrons. The molecule has 0 aliphatic heterocycles. The molecular weight excluding hydrogens is 114 g/mol. The minimum absolute atomic E-state index is 0.129. The summed E-state index contributed by atoms with van der Waals surface area (Å²) in [7, 11) is 0. The van der Waals surface area contributed by atoms with Crippen LogP contribution in [0.25, 0.3) is 0 Å². The van der Waals surface area contributed by atoms with Crippen molar-refractivity contribution < 1.29 is 13.6 Å². The van der Waals surface area contributed by atoms with Crippen LogP contribution < -0.4 is 0 Å². The molecule has 0 atom stereocenters. The number of halogens is 2.